The average Bonchev–Trinajstić information content (AvgIpc) is 3.26. The summed E-state index contributed by atoms with van der Waals surface area (Å²) in [6.45, 7) is 1.85. The third-order valence-corrected chi connectivity index (χ3v) is 5.08. The minimum atomic E-state index is -0.151. The van der Waals surface area contributed by atoms with Crippen molar-refractivity contribution in [1.29, 1.82) is 0 Å². The van der Waals surface area contributed by atoms with Crippen LogP contribution >= 0.6 is 0 Å². The SMILES string of the molecule is Cc1cc(NC(=O)C2CCCC2)n(C2=NC(=O)C3CCCC3=N2)n1. The lowest BCUT2D eigenvalue weighted by Gasteiger charge is -2.16. The maximum atomic E-state index is 12.4. The molecule has 2 aliphatic carbocycles. The van der Waals surface area contributed by atoms with Gasteiger partial charge in [-0.15, -0.1) is 0 Å². The number of carbonyl (C=O) groups excluding carboxylic acids is 2. The van der Waals surface area contributed by atoms with Crippen LogP contribution in [0.2, 0.25) is 0 Å². The van der Waals surface area contributed by atoms with E-state index in [0.717, 1.165) is 56.4 Å². The van der Waals surface area contributed by atoms with Gasteiger partial charge in [0.25, 0.3) is 11.9 Å². The van der Waals surface area contributed by atoms with Gasteiger partial charge in [-0.1, -0.05) is 12.8 Å². The first-order valence-electron chi connectivity index (χ1n) is 8.70. The molecule has 0 spiro atoms. The van der Waals surface area contributed by atoms with Crippen molar-refractivity contribution in [3.05, 3.63) is 11.8 Å². The van der Waals surface area contributed by atoms with Gasteiger partial charge in [0.05, 0.1) is 11.6 Å². The fraction of sp³-hybridized carbons (Fsp3) is 0.588. The van der Waals surface area contributed by atoms with Gasteiger partial charge in [0, 0.05) is 17.7 Å². The van der Waals surface area contributed by atoms with Crippen molar-refractivity contribution < 1.29 is 9.59 Å². The maximum Gasteiger partial charge on any atom is 0.257 e. The van der Waals surface area contributed by atoms with Gasteiger partial charge in [-0.3, -0.25) is 9.59 Å². The third-order valence-electron chi connectivity index (χ3n) is 5.08. The van der Waals surface area contributed by atoms with Crippen molar-refractivity contribution in [2.75, 3.05) is 5.32 Å². The van der Waals surface area contributed by atoms with E-state index in [1.165, 1.54) is 4.68 Å². The molecule has 7 heteroatoms. The molecule has 3 aliphatic rings. The molecule has 126 valence electrons. The summed E-state index contributed by atoms with van der Waals surface area (Å²) in [5.74, 6) is 0.590. The van der Waals surface area contributed by atoms with E-state index in [0.29, 0.717) is 5.82 Å². The van der Waals surface area contributed by atoms with E-state index in [4.69, 9.17) is 0 Å². The summed E-state index contributed by atoms with van der Waals surface area (Å²) in [6.07, 6.45) is 6.71. The molecule has 2 amide bonds. The molecular formula is C17H21N5O2. The van der Waals surface area contributed by atoms with E-state index in [2.05, 4.69) is 20.4 Å². The lowest BCUT2D eigenvalue weighted by molar-refractivity contribution is -0.120. The fourth-order valence-electron chi connectivity index (χ4n) is 3.81. The second-order valence-electron chi connectivity index (χ2n) is 6.85. The second-order valence-corrected chi connectivity index (χ2v) is 6.85. The summed E-state index contributed by atoms with van der Waals surface area (Å²) >= 11 is 0. The lowest BCUT2D eigenvalue weighted by atomic mass is 10.1. The highest BCUT2D eigenvalue weighted by molar-refractivity contribution is 6.17. The van der Waals surface area contributed by atoms with Crippen LogP contribution in [0.15, 0.2) is 16.1 Å². The largest absolute Gasteiger partial charge is 0.310 e. The number of amides is 2. The van der Waals surface area contributed by atoms with Crippen molar-refractivity contribution in [2.24, 2.45) is 21.8 Å². The van der Waals surface area contributed by atoms with Gasteiger partial charge in [0.1, 0.15) is 5.82 Å². The topological polar surface area (TPSA) is 88.7 Å². The highest BCUT2D eigenvalue weighted by Gasteiger charge is 2.34. The summed E-state index contributed by atoms with van der Waals surface area (Å²) in [6, 6.07) is 1.79. The standard InChI is InChI=1S/C17H21N5O2/c1-10-9-14(19-15(23)11-5-2-3-6-11)22(21-10)17-18-13-8-4-7-12(13)16(24)20-17/h9,11-12H,2-8H2,1H3,(H,19,23). The Hall–Kier alpha value is -2.31. The van der Waals surface area contributed by atoms with Gasteiger partial charge < -0.3 is 5.32 Å². The fourth-order valence-corrected chi connectivity index (χ4v) is 3.81. The Morgan fingerprint density at radius 1 is 1.21 bits per heavy atom. The van der Waals surface area contributed by atoms with Crippen LogP contribution in [-0.4, -0.2) is 33.3 Å². The number of fused-ring (bicyclic) bond motifs is 1. The Morgan fingerprint density at radius 3 is 2.79 bits per heavy atom. The number of hydrogen-bond acceptors (Lipinski definition) is 4. The van der Waals surface area contributed by atoms with Crippen LogP contribution in [0.1, 0.15) is 50.6 Å². The predicted molar refractivity (Wildman–Crippen MR) is 90.2 cm³/mol. The number of carbonyl (C=O) groups is 2. The number of rotatable bonds is 2. The van der Waals surface area contributed by atoms with Crippen LogP contribution in [0.5, 0.6) is 0 Å². The highest BCUT2D eigenvalue weighted by atomic mass is 16.2. The van der Waals surface area contributed by atoms with Gasteiger partial charge in [-0.2, -0.15) is 14.8 Å². The second kappa shape index (κ2) is 5.96. The van der Waals surface area contributed by atoms with Gasteiger partial charge in [-0.25, -0.2) is 4.99 Å². The van der Waals surface area contributed by atoms with E-state index >= 15 is 0 Å². The molecule has 1 unspecified atom stereocenters. The summed E-state index contributed by atoms with van der Waals surface area (Å²) in [5, 5.41) is 7.32. The van der Waals surface area contributed by atoms with E-state index in [1.807, 2.05) is 6.92 Å². The lowest BCUT2D eigenvalue weighted by Crippen LogP contribution is -2.29. The van der Waals surface area contributed by atoms with Gasteiger partial charge >= 0.3 is 0 Å². The molecule has 1 aliphatic heterocycles. The number of nitrogens with one attached hydrogen (secondary N) is 1. The number of aliphatic imine (C=N–C) groups is 2. The molecule has 1 aromatic heterocycles. The van der Waals surface area contributed by atoms with Crippen LogP contribution in [0.25, 0.3) is 0 Å². The number of aryl methyl sites for hydroxylation is 1. The van der Waals surface area contributed by atoms with Crippen molar-refractivity contribution in [1.82, 2.24) is 9.78 Å². The van der Waals surface area contributed by atoms with Gasteiger partial charge in [-0.05, 0) is 39.0 Å². The van der Waals surface area contributed by atoms with E-state index in [-0.39, 0.29) is 29.6 Å². The Kier molecular flexibility index (Phi) is 3.78. The van der Waals surface area contributed by atoms with Crippen LogP contribution < -0.4 is 5.32 Å². The third kappa shape index (κ3) is 2.68. The Morgan fingerprint density at radius 2 is 2.00 bits per heavy atom. The number of anilines is 1. The molecule has 1 N–H and O–H groups in total. The molecule has 2 heterocycles. The van der Waals surface area contributed by atoms with Crippen LogP contribution in [0, 0.1) is 18.8 Å². The van der Waals surface area contributed by atoms with Crippen molar-refractivity contribution >= 4 is 29.3 Å². The molecule has 24 heavy (non-hydrogen) atoms. The molecule has 2 saturated carbocycles. The Bertz CT molecular complexity index is 755. The average molecular weight is 327 g/mol. The first-order chi connectivity index (χ1) is 11.6. The minimum absolute atomic E-state index is 0.0165. The Labute approximate surface area is 140 Å². The zero-order valence-electron chi connectivity index (χ0n) is 13.8. The number of aromatic nitrogens is 2. The summed E-state index contributed by atoms with van der Waals surface area (Å²) in [5.41, 5.74) is 1.65. The van der Waals surface area contributed by atoms with E-state index in [9.17, 15) is 9.59 Å². The molecule has 0 bridgehead atoms. The van der Waals surface area contributed by atoms with Crippen LogP contribution in [-0.2, 0) is 9.59 Å². The van der Waals surface area contributed by atoms with Crippen LogP contribution in [0.3, 0.4) is 0 Å². The first kappa shape index (κ1) is 15.2. The zero-order chi connectivity index (χ0) is 16.7. The number of hydrogen-bond donors (Lipinski definition) is 1. The molecule has 1 aromatic rings. The first-order valence-corrected chi connectivity index (χ1v) is 8.70. The summed E-state index contributed by atoms with van der Waals surface area (Å²) < 4.78 is 1.49. The van der Waals surface area contributed by atoms with Gasteiger partial charge in [0.15, 0.2) is 0 Å². The minimum Gasteiger partial charge on any atom is -0.310 e. The zero-order valence-corrected chi connectivity index (χ0v) is 13.8. The molecule has 2 fully saturated rings. The monoisotopic (exact) mass is 327 g/mol. The number of nitrogens with zero attached hydrogens (tertiary/aromatic N) is 4. The molecular weight excluding hydrogens is 306 g/mol. The van der Waals surface area contributed by atoms with E-state index < -0.39 is 0 Å². The predicted octanol–water partition coefficient (Wildman–Crippen LogP) is 2.31. The molecule has 4 rings (SSSR count). The highest BCUT2D eigenvalue weighted by Crippen LogP contribution is 2.28. The van der Waals surface area contributed by atoms with Gasteiger partial charge in [0.2, 0.25) is 5.91 Å². The summed E-state index contributed by atoms with van der Waals surface area (Å²) in [4.78, 5) is 33.3. The molecule has 1 atom stereocenters. The molecule has 0 saturated heterocycles. The molecule has 0 aromatic carbocycles. The van der Waals surface area contributed by atoms with Crippen molar-refractivity contribution in [3.8, 4) is 0 Å². The van der Waals surface area contributed by atoms with Crippen molar-refractivity contribution in [2.45, 2.75) is 51.9 Å². The normalized spacial score (nSPS) is 23.9. The van der Waals surface area contributed by atoms with Crippen molar-refractivity contribution in [3.63, 3.8) is 0 Å². The molecule has 7 nitrogen and oxygen atoms in total. The smallest absolute Gasteiger partial charge is 0.257 e. The summed E-state index contributed by atoms with van der Waals surface area (Å²) in [7, 11) is 0. The molecule has 0 radical (unpaired) electrons. The maximum absolute atomic E-state index is 12.4. The Balaban J connectivity index is 1.62. The van der Waals surface area contributed by atoms with E-state index in [1.54, 1.807) is 6.07 Å². The quantitative estimate of drug-likeness (QED) is 0.904. The van der Waals surface area contributed by atoms with Crippen LogP contribution in [0.4, 0.5) is 5.82 Å².